The van der Waals surface area contributed by atoms with Crippen LogP contribution in [0, 0.1) is 12.7 Å². The molecule has 0 N–H and O–H groups in total. The van der Waals surface area contributed by atoms with Crippen molar-refractivity contribution >= 4 is 22.3 Å². The third-order valence-corrected chi connectivity index (χ3v) is 5.19. The molecule has 3 aromatic rings. The highest BCUT2D eigenvalue weighted by atomic mass is 32.2. The van der Waals surface area contributed by atoms with E-state index in [2.05, 4.69) is 0 Å². The van der Waals surface area contributed by atoms with Gasteiger partial charge in [0.15, 0.2) is 0 Å². The standard InChI is InChI=1S/C21H18FNO5S/c1-15-13-18(8-3-16-4-9-19(27-2)10-5-16)23(21(24)14-15)28-29(25,26)20-11-6-17(22)7-12-20/h3-14H,1-2H3. The normalized spacial score (nSPS) is 11.6. The second-order valence-electron chi connectivity index (χ2n) is 6.18. The average Bonchev–Trinajstić information content (AvgIpc) is 2.69. The second kappa shape index (κ2) is 8.32. The van der Waals surface area contributed by atoms with Gasteiger partial charge in [-0.25, -0.2) is 4.39 Å². The summed E-state index contributed by atoms with van der Waals surface area (Å²) in [6, 6.07) is 14.2. The summed E-state index contributed by atoms with van der Waals surface area (Å²) in [4.78, 5) is 12.1. The summed E-state index contributed by atoms with van der Waals surface area (Å²) in [6.45, 7) is 1.71. The van der Waals surface area contributed by atoms with Gasteiger partial charge < -0.3 is 4.74 Å². The number of ether oxygens (including phenoxy) is 1. The minimum atomic E-state index is -4.33. The minimum absolute atomic E-state index is 0.233. The molecule has 0 aliphatic heterocycles. The summed E-state index contributed by atoms with van der Waals surface area (Å²) >= 11 is 0. The zero-order valence-corrected chi connectivity index (χ0v) is 16.5. The minimum Gasteiger partial charge on any atom is -0.497 e. The van der Waals surface area contributed by atoms with E-state index < -0.39 is 21.5 Å². The van der Waals surface area contributed by atoms with Crippen molar-refractivity contribution in [3.8, 4) is 5.75 Å². The Kier molecular flexibility index (Phi) is 5.84. The van der Waals surface area contributed by atoms with Crippen molar-refractivity contribution in [3.63, 3.8) is 0 Å². The Labute approximate surface area is 167 Å². The Bertz CT molecular complexity index is 1200. The van der Waals surface area contributed by atoms with Crippen molar-refractivity contribution in [3.05, 3.63) is 93.7 Å². The Balaban J connectivity index is 1.97. The number of aromatic nitrogens is 1. The number of rotatable bonds is 6. The molecule has 0 saturated carbocycles. The largest absolute Gasteiger partial charge is 0.497 e. The van der Waals surface area contributed by atoms with E-state index in [9.17, 15) is 17.6 Å². The van der Waals surface area contributed by atoms with Gasteiger partial charge in [0.2, 0.25) is 0 Å². The first-order valence-corrected chi connectivity index (χ1v) is 9.96. The van der Waals surface area contributed by atoms with Crippen LogP contribution in [-0.2, 0) is 10.1 Å². The number of pyridine rings is 1. The number of hydrogen-bond acceptors (Lipinski definition) is 5. The molecule has 0 spiro atoms. The number of halogens is 1. The van der Waals surface area contributed by atoms with E-state index in [0.717, 1.165) is 29.8 Å². The predicted octanol–water partition coefficient (Wildman–Crippen LogP) is 3.29. The summed E-state index contributed by atoms with van der Waals surface area (Å²) in [5.74, 6) is 0.114. The quantitative estimate of drug-likeness (QED) is 0.618. The van der Waals surface area contributed by atoms with Crippen LogP contribution in [0.15, 0.2) is 70.4 Å². The third kappa shape index (κ3) is 4.91. The van der Waals surface area contributed by atoms with Gasteiger partial charge in [0, 0.05) is 6.07 Å². The fourth-order valence-electron chi connectivity index (χ4n) is 2.55. The average molecular weight is 415 g/mol. The van der Waals surface area contributed by atoms with Crippen molar-refractivity contribution in [2.45, 2.75) is 11.8 Å². The number of nitrogens with zero attached hydrogens (tertiary/aromatic N) is 1. The maximum atomic E-state index is 13.1. The molecule has 0 atom stereocenters. The summed E-state index contributed by atoms with van der Waals surface area (Å²) in [6.07, 6.45) is 3.27. The zero-order chi connectivity index (χ0) is 21.0. The lowest BCUT2D eigenvalue weighted by atomic mass is 10.1. The Morgan fingerprint density at radius 1 is 0.966 bits per heavy atom. The van der Waals surface area contributed by atoms with E-state index in [1.54, 1.807) is 44.4 Å². The molecule has 0 saturated heterocycles. The van der Waals surface area contributed by atoms with Gasteiger partial charge in [0.05, 0.1) is 12.8 Å². The highest BCUT2D eigenvalue weighted by molar-refractivity contribution is 7.87. The Morgan fingerprint density at radius 3 is 2.24 bits per heavy atom. The van der Waals surface area contributed by atoms with Crippen molar-refractivity contribution in [2.24, 2.45) is 0 Å². The molecule has 6 nitrogen and oxygen atoms in total. The number of hydrogen-bond donors (Lipinski definition) is 0. The lowest BCUT2D eigenvalue weighted by molar-refractivity contribution is 0.264. The van der Waals surface area contributed by atoms with E-state index in [1.807, 2.05) is 12.1 Å². The van der Waals surface area contributed by atoms with Crippen LogP contribution in [0.1, 0.15) is 16.8 Å². The molecule has 0 amide bonds. The second-order valence-corrected chi connectivity index (χ2v) is 7.71. The molecule has 8 heteroatoms. The van der Waals surface area contributed by atoms with E-state index in [0.29, 0.717) is 16.0 Å². The van der Waals surface area contributed by atoms with Gasteiger partial charge in [0.1, 0.15) is 16.5 Å². The topological polar surface area (TPSA) is 74.6 Å². The lowest BCUT2D eigenvalue weighted by Crippen LogP contribution is -2.32. The van der Waals surface area contributed by atoms with E-state index in [1.165, 1.54) is 6.07 Å². The molecule has 1 aromatic heterocycles. The van der Waals surface area contributed by atoms with Crippen LogP contribution in [0.2, 0.25) is 0 Å². The highest BCUT2D eigenvalue weighted by Gasteiger charge is 2.19. The molecule has 2 aromatic carbocycles. The monoisotopic (exact) mass is 415 g/mol. The predicted molar refractivity (Wildman–Crippen MR) is 108 cm³/mol. The van der Waals surface area contributed by atoms with Crippen LogP contribution in [0.5, 0.6) is 5.75 Å². The maximum absolute atomic E-state index is 13.1. The maximum Gasteiger partial charge on any atom is 0.357 e. The van der Waals surface area contributed by atoms with Crippen LogP contribution < -0.4 is 14.6 Å². The fourth-order valence-corrected chi connectivity index (χ4v) is 3.46. The molecule has 0 bridgehead atoms. The summed E-state index contributed by atoms with van der Waals surface area (Å²) in [7, 11) is -2.77. The van der Waals surface area contributed by atoms with Gasteiger partial charge >= 0.3 is 10.1 Å². The Hall–Kier alpha value is -3.39. The van der Waals surface area contributed by atoms with Crippen LogP contribution >= 0.6 is 0 Å². The molecule has 150 valence electrons. The van der Waals surface area contributed by atoms with Gasteiger partial charge in [-0.1, -0.05) is 18.2 Å². The van der Waals surface area contributed by atoms with Gasteiger partial charge in [-0.2, -0.15) is 8.42 Å². The smallest absolute Gasteiger partial charge is 0.357 e. The molecule has 0 fully saturated rings. The van der Waals surface area contributed by atoms with Crippen LogP contribution in [0.3, 0.4) is 0 Å². The van der Waals surface area contributed by atoms with Crippen LogP contribution in [0.4, 0.5) is 4.39 Å². The van der Waals surface area contributed by atoms with Crippen molar-refractivity contribution < 1.29 is 21.8 Å². The first kappa shape index (κ1) is 20.3. The number of aryl methyl sites for hydroxylation is 1. The molecule has 3 rings (SSSR count). The van der Waals surface area contributed by atoms with Crippen molar-refractivity contribution in [2.75, 3.05) is 7.11 Å². The summed E-state index contributed by atoms with van der Waals surface area (Å²) in [5.41, 5.74) is 1.04. The molecule has 1 heterocycles. The van der Waals surface area contributed by atoms with Crippen LogP contribution in [0.25, 0.3) is 12.2 Å². The van der Waals surface area contributed by atoms with Gasteiger partial charge in [0.25, 0.3) is 5.56 Å². The van der Waals surface area contributed by atoms with Crippen molar-refractivity contribution in [1.29, 1.82) is 0 Å². The molecule has 0 radical (unpaired) electrons. The van der Waals surface area contributed by atoms with Gasteiger partial charge in [-0.3, -0.25) is 9.08 Å². The molecular weight excluding hydrogens is 397 g/mol. The van der Waals surface area contributed by atoms with Crippen LogP contribution in [-0.4, -0.2) is 20.3 Å². The molecular formula is C21H18FNO5S. The summed E-state index contributed by atoms with van der Waals surface area (Å²) < 4.78 is 48.9. The molecule has 0 unspecified atom stereocenters. The van der Waals surface area contributed by atoms with E-state index in [4.69, 9.17) is 9.02 Å². The first-order chi connectivity index (χ1) is 13.8. The SMILES string of the molecule is COc1ccc(C=Cc2cc(C)cc(=O)n2OS(=O)(=O)c2ccc(F)cc2)cc1. The fraction of sp³-hybridized carbons (Fsp3) is 0.0952. The van der Waals surface area contributed by atoms with E-state index in [-0.39, 0.29) is 10.6 Å². The lowest BCUT2D eigenvalue weighted by Gasteiger charge is -2.12. The molecule has 0 aliphatic rings. The highest BCUT2D eigenvalue weighted by Crippen LogP contribution is 2.15. The molecule has 29 heavy (non-hydrogen) atoms. The van der Waals surface area contributed by atoms with Crippen molar-refractivity contribution in [1.82, 2.24) is 4.73 Å². The number of benzene rings is 2. The first-order valence-electron chi connectivity index (χ1n) is 8.55. The zero-order valence-electron chi connectivity index (χ0n) is 15.7. The Morgan fingerprint density at radius 2 is 1.62 bits per heavy atom. The van der Waals surface area contributed by atoms with Gasteiger partial charge in [-0.05, 0) is 66.6 Å². The van der Waals surface area contributed by atoms with Gasteiger partial charge in [-0.15, -0.1) is 4.73 Å². The number of methoxy groups -OCH3 is 1. The summed E-state index contributed by atoms with van der Waals surface area (Å²) in [5, 5.41) is 0. The molecule has 0 aliphatic carbocycles. The van der Waals surface area contributed by atoms with E-state index >= 15 is 0 Å². The third-order valence-electron chi connectivity index (χ3n) is 4.00.